The Kier molecular flexibility index (Phi) is 5.55. The molecule has 5 nitrogen and oxygen atoms in total. The molecular formula is C15H17N3O2S. The Bertz CT molecular complexity index is 650. The number of nitrogens with zero attached hydrogens (tertiary/aromatic N) is 1. The Morgan fingerprint density at radius 3 is 3.14 bits per heavy atom. The van der Waals surface area contributed by atoms with Crippen molar-refractivity contribution in [2.75, 3.05) is 13.2 Å². The number of aryl methyl sites for hydroxylation is 1. The Morgan fingerprint density at radius 2 is 2.43 bits per heavy atom. The van der Waals surface area contributed by atoms with Gasteiger partial charge in [-0.05, 0) is 18.6 Å². The average Bonchev–Trinajstić information content (AvgIpc) is 3.09. The fourth-order valence-electron chi connectivity index (χ4n) is 1.73. The van der Waals surface area contributed by atoms with Crippen LogP contribution in [0.2, 0.25) is 0 Å². The zero-order chi connectivity index (χ0) is 15.1. The van der Waals surface area contributed by atoms with Crippen LogP contribution < -0.4 is 5.32 Å². The van der Waals surface area contributed by atoms with Gasteiger partial charge < -0.3 is 15.4 Å². The van der Waals surface area contributed by atoms with Gasteiger partial charge in [-0.15, -0.1) is 11.3 Å². The van der Waals surface area contributed by atoms with Gasteiger partial charge in [-0.25, -0.2) is 4.98 Å². The second-order valence-electron chi connectivity index (χ2n) is 4.44. The van der Waals surface area contributed by atoms with Crippen molar-refractivity contribution in [3.05, 3.63) is 39.6 Å². The van der Waals surface area contributed by atoms with Crippen molar-refractivity contribution in [2.45, 2.75) is 19.8 Å². The van der Waals surface area contributed by atoms with Crippen molar-refractivity contribution in [3.8, 4) is 11.8 Å². The summed E-state index contributed by atoms with van der Waals surface area (Å²) in [7, 11) is 0. The quantitative estimate of drug-likeness (QED) is 0.732. The summed E-state index contributed by atoms with van der Waals surface area (Å²) >= 11 is 1.38. The van der Waals surface area contributed by atoms with Gasteiger partial charge >= 0.3 is 0 Å². The molecule has 6 heteroatoms. The number of aromatic amines is 1. The maximum atomic E-state index is 12.0. The Morgan fingerprint density at radius 1 is 1.57 bits per heavy atom. The van der Waals surface area contributed by atoms with E-state index in [0.29, 0.717) is 24.3 Å². The number of thiophene rings is 1. The Balaban J connectivity index is 1.90. The second kappa shape index (κ2) is 7.62. The topological polar surface area (TPSA) is 78.0 Å². The molecule has 21 heavy (non-hydrogen) atoms. The second-order valence-corrected chi connectivity index (χ2v) is 5.49. The minimum Gasteiger partial charge on any atom is -0.395 e. The third-order valence-electron chi connectivity index (χ3n) is 2.78. The number of aliphatic hydroxyl groups excluding tert-OH is 1. The zero-order valence-corrected chi connectivity index (χ0v) is 12.6. The summed E-state index contributed by atoms with van der Waals surface area (Å²) in [6.07, 6.45) is 4.57. The lowest BCUT2D eigenvalue weighted by Crippen LogP contribution is -2.25. The van der Waals surface area contributed by atoms with Crippen molar-refractivity contribution in [3.63, 3.8) is 0 Å². The number of aromatic nitrogens is 2. The van der Waals surface area contributed by atoms with E-state index < -0.39 is 0 Å². The van der Waals surface area contributed by atoms with E-state index in [9.17, 15) is 4.79 Å². The van der Waals surface area contributed by atoms with Gasteiger partial charge in [0.1, 0.15) is 5.82 Å². The average molecular weight is 303 g/mol. The number of carbonyl (C=O) groups excluding carboxylic acids is 1. The molecule has 0 fully saturated rings. The van der Waals surface area contributed by atoms with Gasteiger partial charge in [0.25, 0.3) is 5.91 Å². The van der Waals surface area contributed by atoms with Crippen LogP contribution in [-0.4, -0.2) is 34.1 Å². The van der Waals surface area contributed by atoms with Crippen LogP contribution in [0.25, 0.3) is 0 Å². The van der Waals surface area contributed by atoms with E-state index in [0.717, 1.165) is 16.3 Å². The van der Waals surface area contributed by atoms with Gasteiger partial charge in [0.15, 0.2) is 0 Å². The van der Waals surface area contributed by atoms with Gasteiger partial charge in [0.2, 0.25) is 0 Å². The highest BCUT2D eigenvalue weighted by molar-refractivity contribution is 7.14. The van der Waals surface area contributed by atoms with E-state index in [-0.39, 0.29) is 12.5 Å². The molecule has 1 amide bonds. The smallest absolute Gasteiger partial charge is 0.261 e. The van der Waals surface area contributed by atoms with Crippen molar-refractivity contribution < 1.29 is 9.90 Å². The summed E-state index contributed by atoms with van der Waals surface area (Å²) in [6.45, 7) is 2.52. The van der Waals surface area contributed by atoms with Crippen molar-refractivity contribution in [1.29, 1.82) is 0 Å². The van der Waals surface area contributed by atoms with Crippen LogP contribution in [0.5, 0.6) is 0 Å². The molecule has 3 N–H and O–H groups in total. The number of imidazole rings is 1. The van der Waals surface area contributed by atoms with E-state index in [2.05, 4.69) is 27.1 Å². The predicted molar refractivity (Wildman–Crippen MR) is 82.3 cm³/mol. The SMILES string of the molecule is Cc1cc(C(=O)NCCc2ncc[nH]2)sc1C#CCCO. The highest BCUT2D eigenvalue weighted by Gasteiger charge is 2.11. The predicted octanol–water partition coefficient (Wildman–Crippen LogP) is 1.49. The van der Waals surface area contributed by atoms with E-state index in [1.165, 1.54) is 11.3 Å². The Hall–Kier alpha value is -2.10. The molecule has 0 saturated carbocycles. The van der Waals surface area contributed by atoms with Gasteiger partial charge in [0.05, 0.1) is 16.4 Å². The molecule has 2 rings (SSSR count). The van der Waals surface area contributed by atoms with Gasteiger partial charge in [-0.3, -0.25) is 4.79 Å². The van der Waals surface area contributed by atoms with Gasteiger partial charge in [0, 0.05) is 31.8 Å². The number of hydrogen-bond donors (Lipinski definition) is 3. The molecule has 110 valence electrons. The lowest BCUT2D eigenvalue weighted by molar-refractivity contribution is 0.0958. The number of hydrogen-bond acceptors (Lipinski definition) is 4. The lowest BCUT2D eigenvalue weighted by Gasteiger charge is -2.01. The third-order valence-corrected chi connectivity index (χ3v) is 3.93. The number of amides is 1. The standard InChI is InChI=1S/C15H17N3O2S/c1-11-10-13(21-12(11)4-2-3-9-19)15(20)18-6-5-14-16-7-8-17-14/h7-8,10,19H,3,5-6,9H2,1H3,(H,16,17)(H,18,20). The highest BCUT2D eigenvalue weighted by atomic mass is 32.1. The lowest BCUT2D eigenvalue weighted by atomic mass is 10.2. The summed E-state index contributed by atoms with van der Waals surface area (Å²) < 4.78 is 0. The van der Waals surface area contributed by atoms with E-state index in [4.69, 9.17) is 5.11 Å². The normalized spacial score (nSPS) is 10.0. The van der Waals surface area contributed by atoms with Crippen molar-refractivity contribution in [2.24, 2.45) is 0 Å². The molecule has 0 aliphatic heterocycles. The molecule has 0 atom stereocenters. The maximum Gasteiger partial charge on any atom is 0.261 e. The van der Waals surface area contributed by atoms with Crippen LogP contribution in [0, 0.1) is 18.8 Å². The number of rotatable bonds is 5. The molecule has 2 heterocycles. The summed E-state index contributed by atoms with van der Waals surface area (Å²) in [5.41, 5.74) is 0.988. The fraction of sp³-hybridized carbons (Fsp3) is 0.333. The molecule has 0 aliphatic rings. The third kappa shape index (κ3) is 4.45. The molecule has 0 aliphatic carbocycles. The van der Waals surface area contributed by atoms with Gasteiger partial charge in [-0.1, -0.05) is 11.8 Å². The van der Waals surface area contributed by atoms with E-state index >= 15 is 0 Å². The molecule has 0 spiro atoms. The first kappa shape index (κ1) is 15.3. The molecule has 0 radical (unpaired) electrons. The fourth-order valence-corrected chi connectivity index (χ4v) is 2.70. The van der Waals surface area contributed by atoms with E-state index in [1.54, 1.807) is 12.4 Å². The number of nitrogens with one attached hydrogen (secondary N) is 2. The molecule has 0 aromatic carbocycles. The summed E-state index contributed by atoms with van der Waals surface area (Å²) in [5.74, 6) is 6.62. The van der Waals surface area contributed by atoms with Gasteiger partial charge in [-0.2, -0.15) is 0 Å². The van der Waals surface area contributed by atoms with Crippen molar-refractivity contribution in [1.82, 2.24) is 15.3 Å². The highest BCUT2D eigenvalue weighted by Crippen LogP contribution is 2.20. The molecule has 0 saturated heterocycles. The monoisotopic (exact) mass is 303 g/mol. The number of aliphatic hydroxyl groups is 1. The maximum absolute atomic E-state index is 12.0. The van der Waals surface area contributed by atoms with Crippen LogP contribution in [0.15, 0.2) is 18.5 Å². The minimum atomic E-state index is -0.0927. The summed E-state index contributed by atoms with van der Waals surface area (Å²) in [5, 5.41) is 11.6. The molecule has 2 aromatic heterocycles. The molecule has 0 bridgehead atoms. The molecule has 0 unspecified atom stereocenters. The summed E-state index contributed by atoms with van der Waals surface area (Å²) in [4.78, 5) is 20.7. The first-order valence-electron chi connectivity index (χ1n) is 6.67. The van der Waals surface area contributed by atoms with E-state index in [1.807, 2.05) is 13.0 Å². The number of carbonyl (C=O) groups is 1. The molecule has 2 aromatic rings. The Labute approximate surface area is 127 Å². The largest absolute Gasteiger partial charge is 0.395 e. The van der Waals surface area contributed by atoms with Crippen LogP contribution >= 0.6 is 11.3 Å². The van der Waals surface area contributed by atoms with Crippen molar-refractivity contribution >= 4 is 17.2 Å². The first-order valence-corrected chi connectivity index (χ1v) is 7.49. The first-order chi connectivity index (χ1) is 10.2. The minimum absolute atomic E-state index is 0.0531. The van der Waals surface area contributed by atoms with Crippen LogP contribution in [0.4, 0.5) is 0 Å². The van der Waals surface area contributed by atoms with Crippen LogP contribution in [0.3, 0.4) is 0 Å². The zero-order valence-electron chi connectivity index (χ0n) is 11.8. The summed E-state index contributed by atoms with van der Waals surface area (Å²) in [6, 6.07) is 1.84. The number of H-pyrrole nitrogens is 1. The van der Waals surface area contributed by atoms with Crippen LogP contribution in [0.1, 0.15) is 32.4 Å². The molecular weight excluding hydrogens is 286 g/mol. The van der Waals surface area contributed by atoms with Crippen LogP contribution in [-0.2, 0) is 6.42 Å².